The second-order valence-electron chi connectivity index (χ2n) is 6.43. The van der Waals surface area contributed by atoms with Crippen LogP contribution in [0.4, 0.5) is 5.13 Å². The lowest BCUT2D eigenvalue weighted by molar-refractivity contribution is -0.856. The third-order valence-corrected chi connectivity index (χ3v) is 5.92. The molecule has 3 rings (SSSR count). The minimum Gasteiger partial charge on any atom is -0.338 e. The molecule has 0 atom stereocenters. The van der Waals surface area contributed by atoms with Gasteiger partial charge in [0.2, 0.25) is 0 Å². The Balaban J connectivity index is 1.97. The first-order chi connectivity index (χ1) is 13.0. The van der Waals surface area contributed by atoms with E-state index in [2.05, 4.69) is 26.2 Å². The third-order valence-electron chi connectivity index (χ3n) is 4.16. The SMILES string of the molecule is CSc1ccc2nc(N(CC[NH+](C)C)C(=O)c3ccc(C#N)cc3)sc2c1. The van der Waals surface area contributed by atoms with E-state index in [0.717, 1.165) is 16.8 Å². The molecular formula is C20H21N4OS2+. The van der Waals surface area contributed by atoms with Gasteiger partial charge in [-0.05, 0) is 48.7 Å². The molecule has 1 amide bonds. The van der Waals surface area contributed by atoms with Gasteiger partial charge in [-0.3, -0.25) is 9.69 Å². The van der Waals surface area contributed by atoms with Gasteiger partial charge in [0.25, 0.3) is 5.91 Å². The van der Waals surface area contributed by atoms with Crippen molar-refractivity contribution in [2.24, 2.45) is 0 Å². The number of benzene rings is 2. The summed E-state index contributed by atoms with van der Waals surface area (Å²) < 4.78 is 1.08. The number of carbonyl (C=O) groups is 1. The molecule has 1 N–H and O–H groups in total. The fraction of sp³-hybridized carbons (Fsp3) is 0.250. The molecule has 1 aromatic heterocycles. The number of thioether (sulfide) groups is 1. The zero-order valence-corrected chi connectivity index (χ0v) is 17.2. The van der Waals surface area contributed by atoms with E-state index in [-0.39, 0.29) is 5.91 Å². The number of nitriles is 1. The van der Waals surface area contributed by atoms with Gasteiger partial charge in [-0.25, -0.2) is 4.98 Å². The number of quaternary nitrogens is 1. The van der Waals surface area contributed by atoms with Gasteiger partial charge >= 0.3 is 0 Å². The molecule has 0 unspecified atom stereocenters. The predicted molar refractivity (Wildman–Crippen MR) is 112 cm³/mol. The third kappa shape index (κ3) is 4.48. The number of rotatable bonds is 6. The normalized spacial score (nSPS) is 10.9. The molecule has 0 spiro atoms. The van der Waals surface area contributed by atoms with Crippen LogP contribution in [0.25, 0.3) is 10.2 Å². The van der Waals surface area contributed by atoms with Crippen LogP contribution >= 0.6 is 23.1 Å². The lowest BCUT2D eigenvalue weighted by Crippen LogP contribution is -3.06. The maximum Gasteiger partial charge on any atom is 0.260 e. The minimum atomic E-state index is -0.0927. The van der Waals surface area contributed by atoms with Crippen molar-refractivity contribution in [1.82, 2.24) is 4.98 Å². The Bertz CT molecular complexity index is 989. The molecule has 5 nitrogen and oxygen atoms in total. The highest BCUT2D eigenvalue weighted by Crippen LogP contribution is 2.32. The summed E-state index contributed by atoms with van der Waals surface area (Å²) in [4.78, 5) is 22.0. The molecule has 0 aliphatic carbocycles. The highest BCUT2D eigenvalue weighted by Gasteiger charge is 2.22. The number of hydrogen-bond donors (Lipinski definition) is 1. The van der Waals surface area contributed by atoms with Crippen molar-refractivity contribution >= 4 is 44.4 Å². The van der Waals surface area contributed by atoms with E-state index < -0.39 is 0 Å². The smallest absolute Gasteiger partial charge is 0.260 e. The Morgan fingerprint density at radius 3 is 2.63 bits per heavy atom. The Kier molecular flexibility index (Phi) is 6.11. The number of anilines is 1. The van der Waals surface area contributed by atoms with Crippen LogP contribution in [-0.4, -0.2) is 44.3 Å². The standard InChI is InChI=1S/C20H20N4OS2/c1-23(2)10-11-24(19(25)15-6-4-14(13-21)5-7-15)20-22-17-9-8-16(26-3)12-18(17)27-20/h4-9,12H,10-11H2,1-3H3/p+1. The molecular weight excluding hydrogens is 376 g/mol. The fourth-order valence-electron chi connectivity index (χ4n) is 2.60. The topological polar surface area (TPSA) is 61.4 Å². The number of carbonyl (C=O) groups excluding carboxylic acids is 1. The molecule has 7 heteroatoms. The number of nitrogens with zero attached hydrogens (tertiary/aromatic N) is 3. The van der Waals surface area contributed by atoms with Gasteiger partial charge in [0, 0.05) is 10.5 Å². The molecule has 0 radical (unpaired) electrons. The van der Waals surface area contributed by atoms with Gasteiger partial charge in [0.05, 0.1) is 49.0 Å². The largest absolute Gasteiger partial charge is 0.338 e. The number of amides is 1. The molecule has 3 aromatic rings. The van der Waals surface area contributed by atoms with Crippen LogP contribution in [0.2, 0.25) is 0 Å². The lowest BCUT2D eigenvalue weighted by Gasteiger charge is -2.20. The molecule has 0 aliphatic rings. The van der Waals surface area contributed by atoms with Crippen molar-refractivity contribution in [2.45, 2.75) is 4.90 Å². The van der Waals surface area contributed by atoms with Crippen molar-refractivity contribution in [2.75, 3.05) is 38.3 Å². The predicted octanol–water partition coefficient (Wildman–Crippen LogP) is 2.68. The molecule has 27 heavy (non-hydrogen) atoms. The summed E-state index contributed by atoms with van der Waals surface area (Å²) >= 11 is 3.23. The fourth-order valence-corrected chi connectivity index (χ4v) is 4.14. The van der Waals surface area contributed by atoms with Crippen LogP contribution < -0.4 is 9.80 Å². The lowest BCUT2D eigenvalue weighted by atomic mass is 10.1. The van der Waals surface area contributed by atoms with Gasteiger partial charge < -0.3 is 4.90 Å². The summed E-state index contributed by atoms with van der Waals surface area (Å²) in [7, 11) is 4.13. The number of likely N-dealkylation sites (N-methyl/N-ethyl adjacent to an activating group) is 1. The van der Waals surface area contributed by atoms with E-state index in [0.29, 0.717) is 22.8 Å². The summed E-state index contributed by atoms with van der Waals surface area (Å²) in [5.74, 6) is -0.0927. The number of thiazole rings is 1. The average Bonchev–Trinajstić information content (AvgIpc) is 3.10. The Labute approximate surface area is 167 Å². The molecule has 0 bridgehead atoms. The number of aromatic nitrogens is 1. The van der Waals surface area contributed by atoms with Crippen LogP contribution in [0, 0.1) is 11.3 Å². The van der Waals surface area contributed by atoms with Crippen molar-refractivity contribution in [1.29, 1.82) is 5.26 Å². The van der Waals surface area contributed by atoms with Gasteiger partial charge in [-0.15, -0.1) is 11.8 Å². The monoisotopic (exact) mass is 397 g/mol. The van der Waals surface area contributed by atoms with E-state index >= 15 is 0 Å². The molecule has 0 fully saturated rings. The van der Waals surface area contributed by atoms with Crippen LogP contribution in [-0.2, 0) is 0 Å². The second-order valence-corrected chi connectivity index (χ2v) is 8.32. The van der Waals surface area contributed by atoms with Gasteiger partial charge in [0.1, 0.15) is 0 Å². The summed E-state index contributed by atoms with van der Waals surface area (Å²) in [5.41, 5.74) is 2.01. The highest BCUT2D eigenvalue weighted by atomic mass is 32.2. The maximum absolute atomic E-state index is 13.2. The molecule has 0 saturated heterocycles. The van der Waals surface area contributed by atoms with Crippen molar-refractivity contribution < 1.29 is 9.69 Å². The molecule has 1 heterocycles. The zero-order valence-electron chi connectivity index (χ0n) is 15.5. The Morgan fingerprint density at radius 2 is 2.00 bits per heavy atom. The van der Waals surface area contributed by atoms with Gasteiger partial charge in [-0.2, -0.15) is 5.26 Å². The first-order valence-corrected chi connectivity index (χ1v) is 10.6. The Morgan fingerprint density at radius 1 is 1.26 bits per heavy atom. The van der Waals surface area contributed by atoms with Crippen LogP contribution in [0.3, 0.4) is 0 Å². The van der Waals surface area contributed by atoms with Crippen molar-refractivity contribution in [3.8, 4) is 6.07 Å². The molecule has 0 saturated carbocycles. The van der Waals surface area contributed by atoms with Crippen LogP contribution in [0.15, 0.2) is 47.4 Å². The highest BCUT2D eigenvalue weighted by molar-refractivity contribution is 7.98. The van der Waals surface area contributed by atoms with E-state index in [9.17, 15) is 4.79 Å². The quantitative estimate of drug-likeness (QED) is 0.650. The van der Waals surface area contributed by atoms with Crippen molar-refractivity contribution in [3.63, 3.8) is 0 Å². The first kappa shape index (κ1) is 19.4. The molecule has 0 aliphatic heterocycles. The second kappa shape index (κ2) is 8.53. The maximum atomic E-state index is 13.2. The number of fused-ring (bicyclic) bond motifs is 1. The minimum absolute atomic E-state index is 0.0927. The summed E-state index contributed by atoms with van der Waals surface area (Å²) in [6.45, 7) is 1.39. The van der Waals surface area contributed by atoms with E-state index in [1.807, 2.05) is 18.4 Å². The van der Waals surface area contributed by atoms with Gasteiger partial charge in [0.15, 0.2) is 5.13 Å². The van der Waals surface area contributed by atoms with E-state index in [1.54, 1.807) is 40.9 Å². The van der Waals surface area contributed by atoms with E-state index in [4.69, 9.17) is 10.2 Å². The summed E-state index contributed by atoms with van der Waals surface area (Å²) in [6, 6.07) is 15.0. The summed E-state index contributed by atoms with van der Waals surface area (Å²) in [5, 5.41) is 9.67. The van der Waals surface area contributed by atoms with Gasteiger partial charge in [-0.1, -0.05) is 11.3 Å². The molecule has 2 aromatic carbocycles. The zero-order chi connectivity index (χ0) is 19.4. The first-order valence-electron chi connectivity index (χ1n) is 8.57. The van der Waals surface area contributed by atoms with Crippen LogP contribution in [0.5, 0.6) is 0 Å². The van der Waals surface area contributed by atoms with Crippen molar-refractivity contribution in [3.05, 3.63) is 53.6 Å². The van der Waals surface area contributed by atoms with E-state index in [1.165, 1.54) is 21.1 Å². The summed E-state index contributed by atoms with van der Waals surface area (Å²) in [6.07, 6.45) is 2.05. The van der Waals surface area contributed by atoms with Crippen LogP contribution in [0.1, 0.15) is 15.9 Å². The number of nitrogens with one attached hydrogen (secondary N) is 1. The average molecular weight is 398 g/mol. The Hall–Kier alpha value is -2.40. The molecule has 138 valence electrons. The number of hydrogen-bond acceptors (Lipinski definition) is 5.